The van der Waals surface area contributed by atoms with Crippen molar-refractivity contribution in [1.82, 2.24) is 14.6 Å². The molecule has 1 amide bonds. The first kappa shape index (κ1) is 39.3. The number of hydrogen-bond donors (Lipinski definition) is 3. The average Bonchev–Trinajstić information content (AvgIpc) is 3.73. The van der Waals surface area contributed by atoms with Crippen LogP contribution in [-0.4, -0.2) is 92.4 Å². The van der Waals surface area contributed by atoms with E-state index in [1.54, 1.807) is 6.07 Å². The van der Waals surface area contributed by atoms with E-state index in [0.29, 0.717) is 50.2 Å². The topological polar surface area (TPSA) is 162 Å². The number of β-amino-alcohol motifs (C(OH)–C–C–N with tert-alkyl or cyclic N) is 1. The Labute approximate surface area is 308 Å². The summed E-state index contributed by atoms with van der Waals surface area (Å²) in [5.74, 6) is -1.81. The zero-order chi connectivity index (χ0) is 37.5. The molecule has 0 aliphatic carbocycles. The predicted molar refractivity (Wildman–Crippen MR) is 191 cm³/mol. The molecule has 2 aromatic carbocycles. The van der Waals surface area contributed by atoms with E-state index in [1.165, 1.54) is 10.4 Å². The van der Waals surface area contributed by atoms with Crippen LogP contribution in [0.5, 0.6) is 0 Å². The molecule has 13 nitrogen and oxygen atoms in total. The summed E-state index contributed by atoms with van der Waals surface area (Å²) in [6.07, 6.45) is 2.51. The number of alkyl carbamates (subject to hydrolysis) is 1. The number of amides is 1. The molecule has 53 heavy (non-hydrogen) atoms. The van der Waals surface area contributed by atoms with Gasteiger partial charge >= 0.3 is 6.09 Å². The van der Waals surface area contributed by atoms with E-state index in [2.05, 4.69) is 15.6 Å². The first-order valence-corrected chi connectivity index (χ1v) is 20.0. The maximum atomic E-state index is 14.7. The van der Waals surface area contributed by atoms with Gasteiger partial charge in [0.1, 0.15) is 23.3 Å². The van der Waals surface area contributed by atoms with Crippen LogP contribution < -0.4 is 10.6 Å². The molecule has 6 rings (SSSR count). The smallest absolute Gasteiger partial charge is 0.407 e. The van der Waals surface area contributed by atoms with E-state index in [4.69, 9.17) is 23.4 Å². The summed E-state index contributed by atoms with van der Waals surface area (Å²) in [4.78, 5) is 17.8. The maximum absolute atomic E-state index is 14.7. The van der Waals surface area contributed by atoms with Crippen molar-refractivity contribution in [3.8, 4) is 0 Å². The van der Waals surface area contributed by atoms with Gasteiger partial charge in [0.2, 0.25) is 10.0 Å². The standard InChI is InChI=1S/C37H50F2N4O9S/c1-23(2)40-36-41-30-18-25-22-48-12-8-6-4-3-5-7-11-43(53(46,47)34(25)20-33(30)51-36)21-31(44)29(17-24-15-26(38)19-27(39)16-24)42-37(45)52-32-10-14-50-35-28(32)9-13-49-35/h15-16,18-20,23,28-29,31-32,35,44H,3-14,17,21-22H2,1-2H3,(H,40,41)(H,42,45)/t28-,29-,31+,32-,35+/m0/s1. The van der Waals surface area contributed by atoms with Gasteiger partial charge in [0.25, 0.3) is 6.01 Å². The minimum atomic E-state index is -4.32. The van der Waals surface area contributed by atoms with Gasteiger partial charge < -0.3 is 39.1 Å². The number of halogens is 2. The van der Waals surface area contributed by atoms with Gasteiger partial charge in [-0.3, -0.25) is 0 Å². The van der Waals surface area contributed by atoms with Crippen molar-refractivity contribution in [2.24, 2.45) is 5.92 Å². The molecule has 4 heterocycles. The second-order valence-electron chi connectivity index (χ2n) is 14.4. The summed E-state index contributed by atoms with van der Waals surface area (Å²) in [5, 5.41) is 17.6. The molecule has 3 aliphatic rings. The Morgan fingerprint density at radius 3 is 2.47 bits per heavy atom. The van der Waals surface area contributed by atoms with Crippen molar-refractivity contribution < 1.29 is 50.5 Å². The van der Waals surface area contributed by atoms with Gasteiger partial charge in [-0.15, -0.1) is 0 Å². The summed E-state index contributed by atoms with van der Waals surface area (Å²) in [5.41, 5.74) is 1.27. The Hall–Kier alpha value is -3.41. The number of aliphatic hydroxyl groups is 1. The molecule has 3 aromatic rings. The monoisotopic (exact) mass is 764 g/mol. The number of carbonyl (C=O) groups is 1. The Balaban J connectivity index is 1.29. The van der Waals surface area contributed by atoms with Crippen molar-refractivity contribution in [2.45, 2.75) is 114 Å². The van der Waals surface area contributed by atoms with Gasteiger partial charge in [0, 0.05) is 55.8 Å². The van der Waals surface area contributed by atoms with Crippen molar-refractivity contribution in [2.75, 3.05) is 38.2 Å². The van der Waals surface area contributed by atoms with E-state index >= 15 is 0 Å². The molecule has 5 atom stereocenters. The van der Waals surface area contributed by atoms with Crippen LogP contribution in [0.15, 0.2) is 39.6 Å². The summed E-state index contributed by atoms with van der Waals surface area (Å²) >= 11 is 0. The summed E-state index contributed by atoms with van der Waals surface area (Å²) in [6, 6.07) is 5.10. The van der Waals surface area contributed by atoms with Crippen LogP contribution in [0.3, 0.4) is 0 Å². The molecule has 0 saturated carbocycles. The fourth-order valence-electron chi connectivity index (χ4n) is 7.19. The highest BCUT2D eigenvalue weighted by Gasteiger charge is 2.41. The number of nitrogens with zero attached hydrogens (tertiary/aromatic N) is 2. The molecule has 0 radical (unpaired) electrons. The van der Waals surface area contributed by atoms with Crippen LogP contribution in [0.4, 0.5) is 19.6 Å². The predicted octanol–water partition coefficient (Wildman–Crippen LogP) is 5.64. The fourth-order valence-corrected chi connectivity index (χ4v) is 8.89. The van der Waals surface area contributed by atoms with Crippen molar-refractivity contribution in [3.05, 3.63) is 53.1 Å². The Bertz CT molecular complexity index is 1790. The van der Waals surface area contributed by atoms with Gasteiger partial charge in [-0.1, -0.05) is 25.7 Å². The van der Waals surface area contributed by atoms with E-state index in [-0.39, 0.29) is 53.6 Å². The SMILES string of the molecule is CC(C)Nc1nc2cc3c(cc2o1)S(=O)(=O)N(C[C@@H](O)[C@H](Cc1cc(F)cc(F)c1)NC(=O)O[C@H]1CCO[C@H]2OCC[C@H]21)CCCCCCCCOC3. The third-order valence-electron chi connectivity index (χ3n) is 9.84. The zero-order valence-electron chi connectivity index (χ0n) is 30.2. The van der Waals surface area contributed by atoms with E-state index in [0.717, 1.165) is 50.3 Å². The number of aliphatic hydroxyl groups excluding tert-OH is 1. The van der Waals surface area contributed by atoms with E-state index in [9.17, 15) is 27.1 Å². The Kier molecular flexibility index (Phi) is 13.2. The number of oxazole rings is 1. The van der Waals surface area contributed by atoms with Crippen LogP contribution in [0, 0.1) is 17.6 Å². The average molecular weight is 765 g/mol. The van der Waals surface area contributed by atoms with Crippen molar-refractivity contribution in [3.63, 3.8) is 0 Å². The Morgan fingerprint density at radius 1 is 1.00 bits per heavy atom. The molecular weight excluding hydrogens is 714 g/mol. The molecule has 292 valence electrons. The van der Waals surface area contributed by atoms with Gasteiger partial charge in [-0.25, -0.2) is 22.0 Å². The number of carbonyl (C=O) groups excluding carboxylic acids is 1. The highest BCUT2D eigenvalue weighted by Crippen LogP contribution is 2.33. The number of aromatic nitrogens is 1. The maximum Gasteiger partial charge on any atom is 0.407 e. The molecule has 16 heteroatoms. The van der Waals surface area contributed by atoms with Gasteiger partial charge in [-0.2, -0.15) is 9.29 Å². The quantitative estimate of drug-likeness (QED) is 0.248. The molecule has 0 bridgehead atoms. The summed E-state index contributed by atoms with van der Waals surface area (Å²) < 4.78 is 88.0. The number of rotatable bonds is 9. The second-order valence-corrected chi connectivity index (χ2v) is 16.3. The molecule has 1 aromatic heterocycles. The van der Waals surface area contributed by atoms with E-state index in [1.807, 2.05) is 13.8 Å². The van der Waals surface area contributed by atoms with Crippen molar-refractivity contribution in [1.29, 1.82) is 0 Å². The molecule has 2 fully saturated rings. The normalized spacial score (nSPS) is 24.2. The largest absolute Gasteiger partial charge is 0.446 e. The molecule has 3 aliphatic heterocycles. The van der Waals surface area contributed by atoms with Crippen LogP contribution in [0.25, 0.3) is 11.1 Å². The third-order valence-corrected chi connectivity index (χ3v) is 11.8. The van der Waals surface area contributed by atoms with Gasteiger partial charge in [-0.05, 0) is 63.3 Å². The minimum absolute atomic E-state index is 0.0148. The van der Waals surface area contributed by atoms with Crippen LogP contribution in [0.2, 0.25) is 0 Å². The summed E-state index contributed by atoms with van der Waals surface area (Å²) in [6.45, 7) is 4.78. The number of anilines is 1. The lowest BCUT2D eigenvalue weighted by atomic mass is 9.95. The minimum Gasteiger partial charge on any atom is -0.446 e. The number of fused-ring (bicyclic) bond motifs is 3. The zero-order valence-corrected chi connectivity index (χ0v) is 31.0. The number of nitrogens with one attached hydrogen (secondary N) is 2. The molecule has 2 saturated heterocycles. The number of sulfonamides is 1. The second kappa shape index (κ2) is 17.8. The molecular formula is C37H50F2N4O9S. The lowest BCUT2D eigenvalue weighted by Gasteiger charge is -2.33. The Morgan fingerprint density at radius 2 is 1.72 bits per heavy atom. The first-order valence-electron chi connectivity index (χ1n) is 18.6. The van der Waals surface area contributed by atoms with E-state index < -0.39 is 58.8 Å². The number of hydrogen-bond acceptors (Lipinski definition) is 11. The highest BCUT2D eigenvalue weighted by atomic mass is 32.2. The van der Waals surface area contributed by atoms with Crippen LogP contribution in [-0.2, 0) is 42.0 Å². The number of benzene rings is 2. The van der Waals surface area contributed by atoms with Crippen LogP contribution >= 0.6 is 0 Å². The van der Waals surface area contributed by atoms with Crippen LogP contribution in [0.1, 0.15) is 76.3 Å². The van der Waals surface area contributed by atoms with Gasteiger partial charge in [0.15, 0.2) is 11.9 Å². The number of ether oxygens (including phenoxy) is 4. The first-order chi connectivity index (χ1) is 25.5. The highest BCUT2D eigenvalue weighted by molar-refractivity contribution is 7.89. The lowest BCUT2D eigenvalue weighted by Crippen LogP contribution is -2.52. The fraction of sp³-hybridized carbons (Fsp3) is 0.622. The lowest BCUT2D eigenvalue weighted by molar-refractivity contribution is -0.179. The molecule has 0 spiro atoms. The molecule has 0 unspecified atom stereocenters. The molecule has 3 N–H and O–H groups in total. The summed E-state index contributed by atoms with van der Waals surface area (Å²) in [7, 11) is -4.32. The van der Waals surface area contributed by atoms with Crippen molar-refractivity contribution >= 4 is 33.2 Å². The van der Waals surface area contributed by atoms with Gasteiger partial charge in [0.05, 0.1) is 36.9 Å². The third kappa shape index (κ3) is 10.2.